The standard InChI is InChI=1S/C13H21ClN2O2/c1-5-6-7-12(14)18-13(17)11-8-10(9(2)3)15-16(11)4/h8-9,12H,5-7H2,1-4H3. The highest BCUT2D eigenvalue weighted by atomic mass is 35.5. The van der Waals surface area contributed by atoms with E-state index in [4.69, 9.17) is 16.3 Å². The van der Waals surface area contributed by atoms with Gasteiger partial charge in [-0.25, -0.2) is 4.79 Å². The van der Waals surface area contributed by atoms with E-state index >= 15 is 0 Å². The third kappa shape index (κ3) is 4.02. The summed E-state index contributed by atoms with van der Waals surface area (Å²) >= 11 is 5.95. The Hall–Kier alpha value is -1.03. The molecule has 0 aliphatic carbocycles. The van der Waals surface area contributed by atoms with Crippen LogP contribution in [0, 0.1) is 0 Å². The molecule has 0 saturated heterocycles. The van der Waals surface area contributed by atoms with Gasteiger partial charge in [0.1, 0.15) is 5.69 Å². The number of carbonyl (C=O) groups is 1. The summed E-state index contributed by atoms with van der Waals surface area (Å²) < 4.78 is 6.72. The van der Waals surface area contributed by atoms with Gasteiger partial charge in [0.15, 0.2) is 5.56 Å². The Morgan fingerprint density at radius 2 is 2.22 bits per heavy atom. The number of aromatic nitrogens is 2. The molecule has 0 radical (unpaired) electrons. The highest BCUT2D eigenvalue weighted by Crippen LogP contribution is 2.16. The second-order valence-electron chi connectivity index (χ2n) is 4.69. The zero-order valence-corrected chi connectivity index (χ0v) is 12.2. The summed E-state index contributed by atoms with van der Waals surface area (Å²) in [5.74, 6) is -0.127. The second kappa shape index (κ2) is 6.78. The molecule has 0 fully saturated rings. The Bertz CT molecular complexity index is 402. The van der Waals surface area contributed by atoms with E-state index in [1.807, 2.05) is 13.8 Å². The van der Waals surface area contributed by atoms with Crippen molar-refractivity contribution < 1.29 is 9.53 Å². The van der Waals surface area contributed by atoms with Crippen LogP contribution in [0.1, 0.15) is 62.1 Å². The maximum absolute atomic E-state index is 11.9. The molecule has 1 heterocycles. The Labute approximate surface area is 113 Å². The highest BCUT2D eigenvalue weighted by molar-refractivity contribution is 6.20. The van der Waals surface area contributed by atoms with Crippen molar-refractivity contribution in [1.82, 2.24) is 9.78 Å². The summed E-state index contributed by atoms with van der Waals surface area (Å²) in [7, 11) is 1.73. The fourth-order valence-corrected chi connectivity index (χ4v) is 1.80. The van der Waals surface area contributed by atoms with E-state index in [-0.39, 0.29) is 5.92 Å². The molecule has 0 bridgehead atoms. The van der Waals surface area contributed by atoms with Gasteiger partial charge in [0.2, 0.25) is 0 Å². The van der Waals surface area contributed by atoms with Gasteiger partial charge in [-0.15, -0.1) is 0 Å². The maximum atomic E-state index is 11.9. The fraction of sp³-hybridized carbons (Fsp3) is 0.692. The molecule has 102 valence electrons. The van der Waals surface area contributed by atoms with E-state index in [0.717, 1.165) is 18.5 Å². The Morgan fingerprint density at radius 3 is 2.72 bits per heavy atom. The van der Waals surface area contributed by atoms with Crippen molar-refractivity contribution >= 4 is 17.6 Å². The number of unbranched alkanes of at least 4 members (excludes halogenated alkanes) is 1. The third-order valence-electron chi connectivity index (χ3n) is 2.72. The minimum atomic E-state index is -0.560. The number of aryl methyl sites for hydroxylation is 1. The number of alkyl halides is 1. The van der Waals surface area contributed by atoms with Crippen LogP contribution in [0.25, 0.3) is 0 Å². The highest BCUT2D eigenvalue weighted by Gasteiger charge is 2.19. The molecule has 1 rings (SSSR count). The van der Waals surface area contributed by atoms with E-state index in [1.165, 1.54) is 0 Å². The number of ether oxygens (including phenoxy) is 1. The van der Waals surface area contributed by atoms with E-state index in [9.17, 15) is 4.79 Å². The van der Waals surface area contributed by atoms with Gasteiger partial charge in [0.25, 0.3) is 0 Å². The van der Waals surface area contributed by atoms with Crippen LogP contribution < -0.4 is 0 Å². The van der Waals surface area contributed by atoms with Gasteiger partial charge in [-0.1, -0.05) is 38.8 Å². The number of hydrogen-bond acceptors (Lipinski definition) is 3. The number of carbonyl (C=O) groups excluding carboxylic acids is 1. The van der Waals surface area contributed by atoms with Crippen LogP contribution in [0.15, 0.2) is 6.07 Å². The van der Waals surface area contributed by atoms with Crippen molar-refractivity contribution in [3.05, 3.63) is 17.5 Å². The predicted octanol–water partition coefficient (Wildman–Crippen LogP) is 3.46. The van der Waals surface area contributed by atoms with E-state index in [1.54, 1.807) is 17.8 Å². The van der Waals surface area contributed by atoms with Crippen molar-refractivity contribution in [3.8, 4) is 0 Å². The lowest BCUT2D eigenvalue weighted by Crippen LogP contribution is -2.16. The summed E-state index contributed by atoms with van der Waals surface area (Å²) in [4.78, 5) is 11.9. The van der Waals surface area contributed by atoms with E-state index < -0.39 is 11.5 Å². The number of nitrogens with zero attached hydrogens (tertiary/aromatic N) is 2. The minimum Gasteiger partial charge on any atom is -0.441 e. The van der Waals surface area contributed by atoms with Crippen LogP contribution in [0.3, 0.4) is 0 Å². The average molecular weight is 273 g/mol. The van der Waals surface area contributed by atoms with Crippen LogP contribution in [0.5, 0.6) is 0 Å². The molecule has 1 aromatic rings. The molecule has 0 aliphatic heterocycles. The number of hydrogen-bond donors (Lipinski definition) is 0. The molecule has 1 aromatic heterocycles. The summed E-state index contributed by atoms with van der Waals surface area (Å²) in [6, 6.07) is 1.76. The molecule has 0 aliphatic rings. The lowest BCUT2D eigenvalue weighted by atomic mass is 10.1. The topological polar surface area (TPSA) is 44.1 Å². The van der Waals surface area contributed by atoms with Crippen LogP contribution in [-0.4, -0.2) is 21.3 Å². The van der Waals surface area contributed by atoms with Gasteiger partial charge in [-0.05, 0) is 24.8 Å². The molecule has 0 spiro atoms. The number of esters is 1. The first kappa shape index (κ1) is 15.0. The lowest BCUT2D eigenvalue weighted by molar-refractivity contribution is 0.0421. The van der Waals surface area contributed by atoms with Crippen LogP contribution in [0.4, 0.5) is 0 Å². The molecular weight excluding hydrogens is 252 g/mol. The van der Waals surface area contributed by atoms with Crippen LogP contribution in [-0.2, 0) is 11.8 Å². The van der Waals surface area contributed by atoms with Gasteiger partial charge in [0, 0.05) is 7.05 Å². The van der Waals surface area contributed by atoms with Crippen molar-refractivity contribution in [1.29, 1.82) is 0 Å². The second-order valence-corrected chi connectivity index (χ2v) is 5.18. The molecule has 0 aromatic carbocycles. The Balaban J connectivity index is 2.66. The van der Waals surface area contributed by atoms with Crippen molar-refractivity contribution in [2.45, 2.75) is 51.5 Å². The smallest absolute Gasteiger partial charge is 0.358 e. The molecule has 0 saturated carbocycles. The third-order valence-corrected chi connectivity index (χ3v) is 3.03. The first-order valence-corrected chi connectivity index (χ1v) is 6.78. The van der Waals surface area contributed by atoms with Crippen molar-refractivity contribution in [2.24, 2.45) is 7.05 Å². The first-order chi connectivity index (χ1) is 8.45. The van der Waals surface area contributed by atoms with Crippen LogP contribution >= 0.6 is 11.6 Å². The average Bonchev–Trinajstić information content (AvgIpc) is 2.68. The van der Waals surface area contributed by atoms with E-state index in [2.05, 4.69) is 12.0 Å². The molecular formula is C13H21ClN2O2. The van der Waals surface area contributed by atoms with Crippen LogP contribution in [0.2, 0.25) is 0 Å². The molecule has 4 nitrogen and oxygen atoms in total. The van der Waals surface area contributed by atoms with Crippen molar-refractivity contribution in [2.75, 3.05) is 0 Å². The monoisotopic (exact) mass is 272 g/mol. The van der Waals surface area contributed by atoms with Gasteiger partial charge < -0.3 is 4.74 Å². The molecule has 1 atom stereocenters. The van der Waals surface area contributed by atoms with E-state index in [0.29, 0.717) is 12.1 Å². The van der Waals surface area contributed by atoms with Gasteiger partial charge in [0.05, 0.1) is 5.69 Å². The maximum Gasteiger partial charge on any atom is 0.358 e. The molecule has 0 amide bonds. The predicted molar refractivity (Wildman–Crippen MR) is 71.9 cm³/mol. The zero-order valence-electron chi connectivity index (χ0n) is 11.4. The fourth-order valence-electron chi connectivity index (χ4n) is 1.56. The summed E-state index contributed by atoms with van der Waals surface area (Å²) in [6.07, 6.45) is 2.66. The molecule has 5 heteroatoms. The summed E-state index contributed by atoms with van der Waals surface area (Å²) in [5, 5.41) is 4.27. The Morgan fingerprint density at radius 1 is 1.56 bits per heavy atom. The molecule has 0 N–H and O–H groups in total. The number of halogens is 1. The van der Waals surface area contributed by atoms with Gasteiger partial charge in [-0.3, -0.25) is 4.68 Å². The zero-order chi connectivity index (χ0) is 13.7. The first-order valence-electron chi connectivity index (χ1n) is 6.34. The Kier molecular flexibility index (Phi) is 5.66. The largest absolute Gasteiger partial charge is 0.441 e. The van der Waals surface area contributed by atoms with Crippen molar-refractivity contribution in [3.63, 3.8) is 0 Å². The summed E-state index contributed by atoms with van der Waals surface area (Å²) in [6.45, 7) is 6.13. The molecule has 1 unspecified atom stereocenters. The SMILES string of the molecule is CCCCC(Cl)OC(=O)c1cc(C(C)C)nn1C. The number of rotatable bonds is 6. The minimum absolute atomic E-state index is 0.282. The van der Waals surface area contributed by atoms with Gasteiger partial charge >= 0.3 is 5.97 Å². The lowest BCUT2D eigenvalue weighted by Gasteiger charge is -2.10. The quantitative estimate of drug-likeness (QED) is 0.588. The van der Waals surface area contributed by atoms with Gasteiger partial charge in [-0.2, -0.15) is 5.10 Å². The summed E-state index contributed by atoms with van der Waals surface area (Å²) in [5.41, 5.74) is 0.764. The normalized spacial score (nSPS) is 12.8. The molecule has 18 heavy (non-hydrogen) atoms.